The second kappa shape index (κ2) is 5.72. The third-order valence-corrected chi connectivity index (χ3v) is 4.42. The van der Waals surface area contributed by atoms with Crippen molar-refractivity contribution >= 4 is 11.8 Å². The molecule has 0 amide bonds. The molecular formula is C15H17N3S. The summed E-state index contributed by atoms with van der Waals surface area (Å²) in [6.45, 7) is 2.73. The van der Waals surface area contributed by atoms with Gasteiger partial charge in [0.2, 0.25) is 0 Å². The Bertz CT molecular complexity index is 554. The Morgan fingerprint density at radius 1 is 1.26 bits per heavy atom. The van der Waals surface area contributed by atoms with Gasteiger partial charge in [0, 0.05) is 36.5 Å². The predicted octanol–water partition coefficient (Wildman–Crippen LogP) is 2.86. The molecule has 19 heavy (non-hydrogen) atoms. The maximum atomic E-state index is 4.39. The van der Waals surface area contributed by atoms with Crippen LogP contribution in [0.15, 0.2) is 36.7 Å². The number of fused-ring (bicyclic) bond motifs is 1. The maximum Gasteiger partial charge on any atom is 0.0724 e. The molecule has 3 rings (SSSR count). The molecule has 1 aliphatic rings. The van der Waals surface area contributed by atoms with E-state index in [9.17, 15) is 0 Å². The summed E-state index contributed by atoms with van der Waals surface area (Å²) in [5.74, 6) is 2.25. The van der Waals surface area contributed by atoms with Crippen molar-refractivity contribution in [2.45, 2.75) is 25.3 Å². The number of hydrogen-bond donors (Lipinski definition) is 1. The van der Waals surface area contributed by atoms with Gasteiger partial charge in [0.15, 0.2) is 0 Å². The second-order valence-electron chi connectivity index (χ2n) is 4.80. The fourth-order valence-corrected chi connectivity index (χ4v) is 3.42. The summed E-state index contributed by atoms with van der Waals surface area (Å²) in [6, 6.07) is 9.11. The van der Waals surface area contributed by atoms with E-state index < -0.39 is 0 Å². The van der Waals surface area contributed by atoms with Crippen molar-refractivity contribution in [3.05, 3.63) is 59.2 Å². The molecule has 4 heteroatoms. The molecule has 0 radical (unpaired) electrons. The van der Waals surface area contributed by atoms with Crippen LogP contribution in [0.4, 0.5) is 0 Å². The Labute approximate surface area is 117 Å². The van der Waals surface area contributed by atoms with Crippen LogP contribution in [0, 0.1) is 6.92 Å². The molecule has 3 nitrogen and oxygen atoms in total. The van der Waals surface area contributed by atoms with Crippen LogP contribution in [0.5, 0.6) is 0 Å². The Morgan fingerprint density at radius 2 is 2.16 bits per heavy atom. The smallest absolute Gasteiger partial charge is 0.0724 e. The zero-order valence-electron chi connectivity index (χ0n) is 11.0. The van der Waals surface area contributed by atoms with Crippen LogP contribution < -0.4 is 5.32 Å². The van der Waals surface area contributed by atoms with Crippen LogP contribution in [0.1, 0.15) is 28.6 Å². The molecule has 1 aromatic carbocycles. The van der Waals surface area contributed by atoms with Gasteiger partial charge >= 0.3 is 0 Å². The largest absolute Gasteiger partial charge is 0.303 e. The Kier molecular flexibility index (Phi) is 3.80. The van der Waals surface area contributed by atoms with Crippen LogP contribution in [-0.2, 0) is 12.3 Å². The minimum absolute atomic E-state index is 0.415. The highest BCUT2D eigenvalue weighted by molar-refractivity contribution is 7.98. The highest BCUT2D eigenvalue weighted by atomic mass is 32.2. The fourth-order valence-electron chi connectivity index (χ4n) is 2.29. The van der Waals surface area contributed by atoms with Crippen molar-refractivity contribution in [2.75, 3.05) is 5.75 Å². The highest BCUT2D eigenvalue weighted by Gasteiger charge is 2.19. The van der Waals surface area contributed by atoms with Gasteiger partial charge in [-0.2, -0.15) is 11.8 Å². The normalized spacial score (nSPS) is 18.1. The van der Waals surface area contributed by atoms with Gasteiger partial charge in [-0.3, -0.25) is 9.97 Å². The summed E-state index contributed by atoms with van der Waals surface area (Å²) in [5, 5.41) is 3.59. The zero-order valence-corrected chi connectivity index (χ0v) is 11.8. The zero-order chi connectivity index (χ0) is 13.1. The molecule has 1 aliphatic heterocycles. The molecule has 2 heterocycles. The molecule has 0 saturated carbocycles. The molecule has 1 unspecified atom stereocenters. The molecule has 0 spiro atoms. The third kappa shape index (κ3) is 2.96. The van der Waals surface area contributed by atoms with Crippen molar-refractivity contribution in [3.63, 3.8) is 0 Å². The van der Waals surface area contributed by atoms with E-state index in [0.717, 1.165) is 29.4 Å². The van der Waals surface area contributed by atoms with Crippen molar-refractivity contribution in [1.82, 2.24) is 15.3 Å². The summed E-state index contributed by atoms with van der Waals surface area (Å²) < 4.78 is 0. The first-order valence-electron chi connectivity index (χ1n) is 6.49. The summed E-state index contributed by atoms with van der Waals surface area (Å²) in [4.78, 5) is 8.67. The molecule has 0 aliphatic carbocycles. The SMILES string of the molecule is Cc1cnc(CNC2CSCc3ccccc32)cn1. The van der Waals surface area contributed by atoms with E-state index in [1.54, 1.807) is 0 Å². The molecule has 0 fully saturated rings. The van der Waals surface area contributed by atoms with E-state index in [0.29, 0.717) is 6.04 Å². The second-order valence-corrected chi connectivity index (χ2v) is 5.83. The van der Waals surface area contributed by atoms with Crippen LogP contribution >= 0.6 is 11.8 Å². The van der Waals surface area contributed by atoms with Gasteiger partial charge in [-0.15, -0.1) is 0 Å². The van der Waals surface area contributed by atoms with Crippen LogP contribution in [0.25, 0.3) is 0 Å². The van der Waals surface area contributed by atoms with Crippen molar-refractivity contribution in [3.8, 4) is 0 Å². The summed E-state index contributed by atoms with van der Waals surface area (Å²) in [7, 11) is 0. The minimum Gasteiger partial charge on any atom is -0.303 e. The van der Waals surface area contributed by atoms with Crippen molar-refractivity contribution in [1.29, 1.82) is 0 Å². The van der Waals surface area contributed by atoms with Crippen LogP contribution in [0.3, 0.4) is 0 Å². The quantitative estimate of drug-likeness (QED) is 0.931. The lowest BCUT2D eigenvalue weighted by atomic mass is 10.0. The Balaban J connectivity index is 1.69. The third-order valence-electron chi connectivity index (χ3n) is 3.34. The maximum absolute atomic E-state index is 4.39. The molecule has 1 N–H and O–H groups in total. The molecule has 98 valence electrons. The van der Waals surface area contributed by atoms with Crippen LogP contribution in [-0.4, -0.2) is 15.7 Å². The van der Waals surface area contributed by atoms with Gasteiger partial charge in [0.1, 0.15) is 0 Å². The van der Waals surface area contributed by atoms with E-state index in [2.05, 4.69) is 39.6 Å². The molecule has 1 atom stereocenters. The highest BCUT2D eigenvalue weighted by Crippen LogP contribution is 2.31. The summed E-state index contributed by atoms with van der Waals surface area (Å²) >= 11 is 1.98. The molecule has 0 bridgehead atoms. The van der Waals surface area contributed by atoms with E-state index in [4.69, 9.17) is 0 Å². The number of nitrogens with zero attached hydrogens (tertiary/aromatic N) is 2. The first-order chi connectivity index (χ1) is 9.33. The van der Waals surface area contributed by atoms with Crippen molar-refractivity contribution < 1.29 is 0 Å². The lowest BCUT2D eigenvalue weighted by Gasteiger charge is -2.26. The first-order valence-corrected chi connectivity index (χ1v) is 7.65. The van der Waals surface area contributed by atoms with E-state index in [-0.39, 0.29) is 0 Å². The van der Waals surface area contributed by atoms with E-state index in [1.807, 2.05) is 31.1 Å². The number of aryl methyl sites for hydroxylation is 1. The average molecular weight is 271 g/mol. The molecule has 1 aromatic heterocycles. The van der Waals surface area contributed by atoms with Gasteiger partial charge in [-0.25, -0.2) is 0 Å². The standard InChI is InChI=1S/C15H17N3S/c1-11-6-17-13(7-16-11)8-18-15-10-19-9-12-4-2-3-5-14(12)15/h2-7,15,18H,8-10H2,1H3. The first kappa shape index (κ1) is 12.6. The van der Waals surface area contributed by atoms with Gasteiger partial charge in [0.25, 0.3) is 0 Å². The van der Waals surface area contributed by atoms with Gasteiger partial charge in [0.05, 0.1) is 11.4 Å². The number of aromatic nitrogens is 2. The number of hydrogen-bond acceptors (Lipinski definition) is 4. The summed E-state index contributed by atoms with van der Waals surface area (Å²) in [5.41, 5.74) is 4.84. The molecule has 2 aromatic rings. The lowest BCUT2D eigenvalue weighted by Crippen LogP contribution is -2.26. The van der Waals surface area contributed by atoms with Gasteiger partial charge in [-0.05, 0) is 18.1 Å². The number of benzene rings is 1. The number of rotatable bonds is 3. The minimum atomic E-state index is 0.415. The lowest BCUT2D eigenvalue weighted by molar-refractivity contribution is 0.567. The topological polar surface area (TPSA) is 37.8 Å². The predicted molar refractivity (Wildman–Crippen MR) is 79.0 cm³/mol. The van der Waals surface area contributed by atoms with Crippen LogP contribution in [0.2, 0.25) is 0 Å². The fraction of sp³-hybridized carbons (Fsp3) is 0.333. The van der Waals surface area contributed by atoms with Gasteiger partial charge < -0.3 is 5.32 Å². The Hall–Kier alpha value is -1.39. The van der Waals surface area contributed by atoms with Gasteiger partial charge in [-0.1, -0.05) is 24.3 Å². The monoisotopic (exact) mass is 271 g/mol. The van der Waals surface area contributed by atoms with E-state index in [1.165, 1.54) is 11.1 Å². The molecular weight excluding hydrogens is 254 g/mol. The number of nitrogens with one attached hydrogen (secondary N) is 1. The van der Waals surface area contributed by atoms with E-state index >= 15 is 0 Å². The molecule has 0 saturated heterocycles. The van der Waals surface area contributed by atoms with Crippen molar-refractivity contribution in [2.24, 2.45) is 0 Å². The average Bonchev–Trinajstić information content (AvgIpc) is 2.47. The Morgan fingerprint density at radius 3 is 3.00 bits per heavy atom. The summed E-state index contributed by atoms with van der Waals surface area (Å²) in [6.07, 6.45) is 3.67. The number of thioether (sulfide) groups is 1.